The van der Waals surface area contributed by atoms with E-state index in [0.29, 0.717) is 0 Å². The van der Waals surface area contributed by atoms with Crippen molar-refractivity contribution in [3.05, 3.63) is 29.8 Å². The van der Waals surface area contributed by atoms with Gasteiger partial charge in [-0.05, 0) is 31.9 Å². The Morgan fingerprint density at radius 2 is 1.76 bits per heavy atom. The molecule has 1 aliphatic carbocycles. The first-order valence-corrected chi connectivity index (χ1v) is 9.68. The predicted molar refractivity (Wildman–Crippen MR) is 101 cm³/mol. The van der Waals surface area contributed by atoms with Crippen molar-refractivity contribution < 1.29 is 32.6 Å². The quantitative estimate of drug-likeness (QED) is 0.506. The third-order valence-corrected chi connectivity index (χ3v) is 4.62. The number of esters is 1. The van der Waals surface area contributed by atoms with E-state index in [1.165, 1.54) is 31.2 Å². The van der Waals surface area contributed by atoms with Crippen molar-refractivity contribution in [2.45, 2.75) is 64.2 Å². The molecule has 1 atom stereocenters. The molecule has 2 rings (SSSR count). The maximum atomic E-state index is 12.4. The highest BCUT2D eigenvalue weighted by atomic mass is 19.3. The van der Waals surface area contributed by atoms with E-state index >= 15 is 0 Å². The van der Waals surface area contributed by atoms with Crippen molar-refractivity contribution >= 4 is 17.8 Å². The maximum Gasteiger partial charge on any atom is 0.387 e. The number of nitrogens with one attached hydrogen (secondary N) is 2. The highest BCUT2D eigenvalue weighted by Crippen LogP contribution is 2.20. The van der Waals surface area contributed by atoms with Crippen molar-refractivity contribution in [3.8, 4) is 5.75 Å². The Morgan fingerprint density at radius 3 is 2.41 bits per heavy atom. The Morgan fingerprint density at radius 1 is 1.10 bits per heavy atom. The van der Waals surface area contributed by atoms with E-state index in [-0.39, 0.29) is 23.3 Å². The Kier molecular flexibility index (Phi) is 8.82. The summed E-state index contributed by atoms with van der Waals surface area (Å²) in [6.07, 6.45) is 5.23. The molecule has 1 fully saturated rings. The maximum absolute atomic E-state index is 12.4. The Hall–Kier alpha value is -2.71. The second kappa shape index (κ2) is 11.3. The van der Waals surface area contributed by atoms with E-state index in [2.05, 4.69) is 15.4 Å². The highest BCUT2D eigenvalue weighted by Gasteiger charge is 2.22. The van der Waals surface area contributed by atoms with Gasteiger partial charge in [0.15, 0.2) is 6.10 Å². The van der Waals surface area contributed by atoms with E-state index < -0.39 is 31.1 Å². The average Bonchev–Trinajstić information content (AvgIpc) is 2.94. The first-order chi connectivity index (χ1) is 13.9. The van der Waals surface area contributed by atoms with Crippen molar-refractivity contribution in [3.63, 3.8) is 0 Å². The molecule has 7 nitrogen and oxygen atoms in total. The van der Waals surface area contributed by atoms with Gasteiger partial charge in [-0.15, -0.1) is 0 Å². The molecule has 0 spiro atoms. The number of ether oxygens (including phenoxy) is 2. The second-order valence-corrected chi connectivity index (χ2v) is 6.89. The molecule has 0 heterocycles. The molecule has 0 aromatic heterocycles. The Labute approximate surface area is 168 Å². The van der Waals surface area contributed by atoms with E-state index in [0.717, 1.165) is 38.5 Å². The normalized spacial score (nSPS) is 15.9. The number of hydrogen-bond acceptors (Lipinski definition) is 5. The van der Waals surface area contributed by atoms with Gasteiger partial charge >= 0.3 is 12.6 Å². The van der Waals surface area contributed by atoms with Crippen molar-refractivity contribution in [1.82, 2.24) is 10.6 Å². The third kappa shape index (κ3) is 7.67. The fourth-order valence-corrected chi connectivity index (χ4v) is 3.14. The van der Waals surface area contributed by atoms with Crippen LogP contribution in [0.15, 0.2) is 24.3 Å². The zero-order chi connectivity index (χ0) is 21.2. The van der Waals surface area contributed by atoms with Crippen LogP contribution in [0.2, 0.25) is 0 Å². The molecule has 1 aromatic carbocycles. The van der Waals surface area contributed by atoms with Gasteiger partial charge in [0, 0.05) is 6.04 Å². The number of amides is 2. The largest absolute Gasteiger partial charge is 0.451 e. The third-order valence-electron chi connectivity index (χ3n) is 4.62. The van der Waals surface area contributed by atoms with Crippen LogP contribution in [0.25, 0.3) is 0 Å². The fraction of sp³-hybridized carbons (Fsp3) is 0.550. The van der Waals surface area contributed by atoms with Gasteiger partial charge in [0.05, 0.1) is 5.56 Å². The van der Waals surface area contributed by atoms with Crippen LogP contribution in [-0.4, -0.2) is 43.1 Å². The molecule has 1 saturated carbocycles. The monoisotopic (exact) mass is 412 g/mol. The summed E-state index contributed by atoms with van der Waals surface area (Å²) in [5, 5.41) is 5.17. The summed E-state index contributed by atoms with van der Waals surface area (Å²) in [5.41, 5.74) is -0.139. The van der Waals surface area contributed by atoms with Crippen LogP contribution in [0.3, 0.4) is 0 Å². The summed E-state index contributed by atoms with van der Waals surface area (Å²) < 4.78 is 34.2. The first-order valence-electron chi connectivity index (χ1n) is 9.68. The lowest BCUT2D eigenvalue weighted by molar-refractivity contribution is -0.154. The molecule has 0 radical (unpaired) electrons. The predicted octanol–water partition coefficient (Wildman–Crippen LogP) is 2.79. The zero-order valence-corrected chi connectivity index (χ0v) is 16.3. The average molecular weight is 412 g/mol. The minimum atomic E-state index is -3.08. The molecule has 9 heteroatoms. The van der Waals surface area contributed by atoms with Gasteiger partial charge in [0.1, 0.15) is 12.3 Å². The molecule has 2 amide bonds. The number of hydrogen-bond donors (Lipinski definition) is 2. The summed E-state index contributed by atoms with van der Waals surface area (Å²) in [6, 6.07) is 5.51. The molecule has 1 aliphatic rings. The molecule has 0 bridgehead atoms. The number of halogens is 2. The highest BCUT2D eigenvalue weighted by molar-refractivity contribution is 5.98. The minimum absolute atomic E-state index is 0.0807. The van der Waals surface area contributed by atoms with E-state index in [1.54, 1.807) is 0 Å². The molecule has 0 unspecified atom stereocenters. The van der Waals surface area contributed by atoms with Gasteiger partial charge in [-0.1, -0.05) is 37.8 Å². The number of rotatable bonds is 8. The molecule has 0 aliphatic heterocycles. The van der Waals surface area contributed by atoms with Crippen LogP contribution in [0.1, 0.15) is 55.8 Å². The fourth-order valence-electron chi connectivity index (χ4n) is 3.14. The van der Waals surface area contributed by atoms with Crippen LogP contribution in [0.4, 0.5) is 8.78 Å². The summed E-state index contributed by atoms with van der Waals surface area (Å²) in [5.74, 6) is -2.26. The van der Waals surface area contributed by atoms with Crippen LogP contribution < -0.4 is 15.4 Å². The number of carbonyl (C=O) groups excluding carboxylic acids is 3. The molecule has 29 heavy (non-hydrogen) atoms. The van der Waals surface area contributed by atoms with Gasteiger partial charge < -0.3 is 20.1 Å². The lowest BCUT2D eigenvalue weighted by Gasteiger charge is -2.19. The molecular formula is C20H26F2N2O5. The number of para-hydroxylation sites is 1. The van der Waals surface area contributed by atoms with E-state index in [9.17, 15) is 23.2 Å². The van der Waals surface area contributed by atoms with Gasteiger partial charge in [-0.3, -0.25) is 14.4 Å². The van der Waals surface area contributed by atoms with Gasteiger partial charge in [0.25, 0.3) is 11.8 Å². The standard InChI is InChI=1S/C20H26F2N2O5/c1-13(18(26)24-14-8-4-2-3-5-9-14)28-17(25)12-23-19(27)15-10-6-7-11-16(15)29-20(21)22/h6-7,10-11,13-14,20H,2-5,8-9,12H2,1H3,(H,23,27)(H,24,26)/t13-/m0/s1. The number of benzene rings is 1. The lowest BCUT2D eigenvalue weighted by atomic mass is 10.1. The van der Waals surface area contributed by atoms with Crippen molar-refractivity contribution in [2.24, 2.45) is 0 Å². The van der Waals surface area contributed by atoms with Crippen LogP contribution in [0, 0.1) is 0 Å². The van der Waals surface area contributed by atoms with Gasteiger partial charge in [-0.2, -0.15) is 8.78 Å². The van der Waals surface area contributed by atoms with Crippen LogP contribution in [0.5, 0.6) is 5.75 Å². The summed E-state index contributed by atoms with van der Waals surface area (Å²) in [7, 11) is 0. The smallest absolute Gasteiger partial charge is 0.387 e. The van der Waals surface area contributed by atoms with Crippen LogP contribution in [-0.2, 0) is 14.3 Å². The van der Waals surface area contributed by atoms with E-state index in [4.69, 9.17) is 4.74 Å². The SMILES string of the molecule is C[C@H](OC(=O)CNC(=O)c1ccccc1OC(F)F)C(=O)NC1CCCCCC1. The summed E-state index contributed by atoms with van der Waals surface area (Å²) >= 11 is 0. The Bertz CT molecular complexity index is 706. The van der Waals surface area contributed by atoms with E-state index in [1.807, 2.05) is 0 Å². The molecule has 2 N–H and O–H groups in total. The topological polar surface area (TPSA) is 93.7 Å². The number of carbonyl (C=O) groups is 3. The first kappa shape index (κ1) is 22.6. The Balaban J connectivity index is 1.80. The van der Waals surface area contributed by atoms with Crippen molar-refractivity contribution in [1.29, 1.82) is 0 Å². The summed E-state index contributed by atoms with van der Waals surface area (Å²) in [4.78, 5) is 36.3. The lowest BCUT2D eigenvalue weighted by Crippen LogP contribution is -2.43. The zero-order valence-electron chi connectivity index (χ0n) is 16.3. The second-order valence-electron chi connectivity index (χ2n) is 6.89. The minimum Gasteiger partial charge on any atom is -0.451 e. The molecule has 1 aromatic rings. The molecule has 160 valence electrons. The van der Waals surface area contributed by atoms with Gasteiger partial charge in [0.2, 0.25) is 0 Å². The van der Waals surface area contributed by atoms with Crippen molar-refractivity contribution in [2.75, 3.05) is 6.54 Å². The summed E-state index contributed by atoms with van der Waals surface area (Å²) in [6.45, 7) is -2.14. The number of alkyl halides is 2. The van der Waals surface area contributed by atoms with Gasteiger partial charge in [-0.25, -0.2) is 0 Å². The molecular weight excluding hydrogens is 386 g/mol. The van der Waals surface area contributed by atoms with Crippen LogP contribution >= 0.6 is 0 Å². The molecule has 0 saturated heterocycles.